The highest BCUT2D eigenvalue weighted by Gasteiger charge is 2.19. The van der Waals surface area contributed by atoms with Crippen molar-refractivity contribution in [1.29, 1.82) is 0 Å². The molecule has 1 aromatic carbocycles. The number of benzene rings is 1. The number of nitrogens with zero attached hydrogens (tertiary/aromatic N) is 3. The molecular formula is C15H17N3O3. The average Bonchev–Trinajstić information content (AvgIpc) is 3.04. The largest absolute Gasteiger partial charge is 0.454 e. The lowest BCUT2D eigenvalue weighted by atomic mass is 10.1. The smallest absolute Gasteiger partial charge is 0.231 e. The zero-order valence-corrected chi connectivity index (χ0v) is 12.2. The minimum atomic E-state index is -0.391. The fourth-order valence-electron chi connectivity index (χ4n) is 1.86. The van der Waals surface area contributed by atoms with E-state index in [1.54, 1.807) is 12.4 Å². The Hall–Kier alpha value is -2.34. The SMILES string of the molecule is CC(C)(C)N(O)C=C1C=NC(c2ccc3c(c2)OCO3)=N1. The van der Waals surface area contributed by atoms with Gasteiger partial charge in [-0.25, -0.2) is 9.98 Å². The maximum Gasteiger partial charge on any atom is 0.231 e. The number of rotatable bonds is 2. The molecular weight excluding hydrogens is 270 g/mol. The molecule has 2 aliphatic heterocycles. The van der Waals surface area contributed by atoms with E-state index in [0.717, 1.165) is 16.4 Å². The molecule has 0 unspecified atom stereocenters. The van der Waals surface area contributed by atoms with Gasteiger partial charge in [0, 0.05) is 5.56 Å². The van der Waals surface area contributed by atoms with Gasteiger partial charge in [-0.3, -0.25) is 10.3 Å². The number of allylic oxidation sites excluding steroid dienone is 1. The van der Waals surface area contributed by atoms with Gasteiger partial charge in [0.25, 0.3) is 0 Å². The highest BCUT2D eigenvalue weighted by atomic mass is 16.7. The van der Waals surface area contributed by atoms with Crippen molar-refractivity contribution in [1.82, 2.24) is 5.06 Å². The summed E-state index contributed by atoms with van der Waals surface area (Å²) in [6.45, 7) is 5.95. The minimum absolute atomic E-state index is 0.241. The molecule has 6 nitrogen and oxygen atoms in total. The summed E-state index contributed by atoms with van der Waals surface area (Å²) >= 11 is 0. The molecule has 1 N–H and O–H groups in total. The molecule has 1 aromatic rings. The van der Waals surface area contributed by atoms with Crippen LogP contribution >= 0.6 is 0 Å². The molecule has 2 heterocycles. The standard InChI is InChI=1S/C15H17N3O3/c1-15(2,3)18(19)8-11-7-16-14(17-11)10-4-5-12-13(6-10)21-9-20-12/h4-8,19H,9H2,1-3H3. The fraction of sp³-hybridized carbons (Fsp3) is 0.333. The third kappa shape index (κ3) is 2.75. The van der Waals surface area contributed by atoms with Crippen LogP contribution in [0.4, 0.5) is 0 Å². The first-order valence-electron chi connectivity index (χ1n) is 6.66. The number of fused-ring (bicyclic) bond motifs is 1. The molecule has 0 fully saturated rings. The van der Waals surface area contributed by atoms with Crippen LogP contribution in [-0.4, -0.2) is 34.7 Å². The lowest BCUT2D eigenvalue weighted by Gasteiger charge is -2.27. The summed E-state index contributed by atoms with van der Waals surface area (Å²) in [5.41, 5.74) is 1.05. The first-order chi connectivity index (χ1) is 9.93. The Morgan fingerprint density at radius 2 is 2.00 bits per heavy atom. The van der Waals surface area contributed by atoms with E-state index in [1.807, 2.05) is 39.0 Å². The topological polar surface area (TPSA) is 66.7 Å². The van der Waals surface area contributed by atoms with Crippen LogP contribution < -0.4 is 9.47 Å². The molecule has 0 aromatic heterocycles. The Morgan fingerprint density at radius 1 is 1.24 bits per heavy atom. The Morgan fingerprint density at radius 3 is 2.76 bits per heavy atom. The second-order valence-electron chi connectivity index (χ2n) is 5.83. The van der Waals surface area contributed by atoms with E-state index in [-0.39, 0.29) is 6.79 Å². The van der Waals surface area contributed by atoms with Crippen LogP contribution in [0, 0.1) is 0 Å². The average molecular weight is 287 g/mol. The lowest BCUT2D eigenvalue weighted by molar-refractivity contribution is -0.110. The van der Waals surface area contributed by atoms with Crippen LogP contribution in [0.3, 0.4) is 0 Å². The van der Waals surface area contributed by atoms with E-state index in [1.165, 1.54) is 0 Å². The summed E-state index contributed by atoms with van der Waals surface area (Å²) in [7, 11) is 0. The maximum absolute atomic E-state index is 9.92. The lowest BCUT2D eigenvalue weighted by Crippen LogP contribution is -2.34. The van der Waals surface area contributed by atoms with E-state index in [4.69, 9.17) is 9.47 Å². The second kappa shape index (κ2) is 4.89. The van der Waals surface area contributed by atoms with Crippen molar-refractivity contribution in [2.24, 2.45) is 9.98 Å². The molecule has 0 aliphatic carbocycles. The molecule has 2 aliphatic rings. The molecule has 0 bridgehead atoms. The summed E-state index contributed by atoms with van der Waals surface area (Å²) in [5, 5.41) is 11.0. The van der Waals surface area contributed by atoms with Crippen molar-refractivity contribution in [2.45, 2.75) is 26.3 Å². The molecule has 3 rings (SSSR count). The minimum Gasteiger partial charge on any atom is -0.454 e. The summed E-state index contributed by atoms with van der Waals surface area (Å²) in [5.74, 6) is 2.01. The van der Waals surface area contributed by atoms with Crippen LogP contribution in [0.15, 0.2) is 40.1 Å². The molecule has 0 atom stereocenters. The van der Waals surface area contributed by atoms with Crippen molar-refractivity contribution in [3.05, 3.63) is 35.7 Å². The third-order valence-corrected chi connectivity index (χ3v) is 3.13. The van der Waals surface area contributed by atoms with E-state index < -0.39 is 5.54 Å². The number of amidine groups is 1. The van der Waals surface area contributed by atoms with E-state index in [0.29, 0.717) is 17.3 Å². The van der Waals surface area contributed by atoms with E-state index in [9.17, 15) is 5.21 Å². The molecule has 0 saturated carbocycles. The number of hydrogen-bond donors (Lipinski definition) is 1. The van der Waals surface area contributed by atoms with E-state index >= 15 is 0 Å². The maximum atomic E-state index is 9.92. The summed E-state index contributed by atoms with van der Waals surface area (Å²) in [6, 6.07) is 5.57. The molecule has 21 heavy (non-hydrogen) atoms. The number of hydrogen-bond acceptors (Lipinski definition) is 6. The van der Waals surface area contributed by atoms with Crippen LogP contribution in [0.25, 0.3) is 0 Å². The van der Waals surface area contributed by atoms with Gasteiger partial charge in [-0.2, -0.15) is 0 Å². The van der Waals surface area contributed by atoms with Crippen LogP contribution in [-0.2, 0) is 0 Å². The highest BCUT2D eigenvalue weighted by molar-refractivity contribution is 6.10. The molecule has 0 saturated heterocycles. The summed E-state index contributed by atoms with van der Waals surface area (Å²) < 4.78 is 10.6. The van der Waals surface area contributed by atoms with Crippen molar-refractivity contribution >= 4 is 12.1 Å². The molecule has 0 radical (unpaired) electrons. The molecule has 0 amide bonds. The molecule has 110 valence electrons. The normalized spacial score (nSPS) is 18.3. The van der Waals surface area contributed by atoms with Gasteiger partial charge in [0.15, 0.2) is 17.3 Å². The van der Waals surface area contributed by atoms with Crippen LogP contribution in [0.1, 0.15) is 26.3 Å². The van der Waals surface area contributed by atoms with Crippen LogP contribution in [0.2, 0.25) is 0 Å². The van der Waals surface area contributed by atoms with Gasteiger partial charge in [-0.1, -0.05) is 0 Å². The predicted molar refractivity (Wildman–Crippen MR) is 79.1 cm³/mol. The van der Waals surface area contributed by atoms with Gasteiger partial charge < -0.3 is 9.47 Å². The van der Waals surface area contributed by atoms with Crippen molar-refractivity contribution in [2.75, 3.05) is 6.79 Å². The number of aliphatic imine (C=N–C) groups is 2. The van der Waals surface area contributed by atoms with Gasteiger partial charge >= 0.3 is 0 Å². The highest BCUT2D eigenvalue weighted by Crippen LogP contribution is 2.33. The Bertz CT molecular complexity index is 657. The van der Waals surface area contributed by atoms with Gasteiger partial charge in [-0.05, 0) is 39.0 Å². The zero-order chi connectivity index (χ0) is 15.0. The van der Waals surface area contributed by atoms with Crippen molar-refractivity contribution in [3.63, 3.8) is 0 Å². The molecule has 0 spiro atoms. The first-order valence-corrected chi connectivity index (χ1v) is 6.66. The summed E-state index contributed by atoms with van der Waals surface area (Å²) in [4.78, 5) is 8.67. The zero-order valence-electron chi connectivity index (χ0n) is 12.2. The van der Waals surface area contributed by atoms with Gasteiger partial charge in [-0.15, -0.1) is 0 Å². The third-order valence-electron chi connectivity index (χ3n) is 3.13. The first kappa shape index (κ1) is 13.6. The fourth-order valence-corrected chi connectivity index (χ4v) is 1.86. The monoisotopic (exact) mass is 287 g/mol. The quantitative estimate of drug-likeness (QED) is 0.849. The number of hydroxylamine groups is 2. The van der Waals surface area contributed by atoms with E-state index in [2.05, 4.69) is 9.98 Å². The Kier molecular flexibility index (Phi) is 3.17. The van der Waals surface area contributed by atoms with Gasteiger partial charge in [0.1, 0.15) is 5.70 Å². The van der Waals surface area contributed by atoms with Crippen LogP contribution in [0.5, 0.6) is 11.5 Å². The second-order valence-corrected chi connectivity index (χ2v) is 5.83. The number of ether oxygens (including phenoxy) is 2. The van der Waals surface area contributed by atoms with Gasteiger partial charge in [0.05, 0.1) is 18.0 Å². The van der Waals surface area contributed by atoms with Gasteiger partial charge in [0.2, 0.25) is 6.79 Å². The summed E-state index contributed by atoms with van der Waals surface area (Å²) in [6.07, 6.45) is 3.18. The van der Waals surface area contributed by atoms with Crippen molar-refractivity contribution < 1.29 is 14.7 Å². The Balaban J connectivity index is 1.84. The Labute approximate surface area is 123 Å². The predicted octanol–water partition coefficient (Wildman–Crippen LogP) is 2.58. The molecule has 6 heteroatoms. The van der Waals surface area contributed by atoms with Crippen molar-refractivity contribution in [3.8, 4) is 11.5 Å².